The Hall–Kier alpha value is -1.65. The molecular weight excluding hydrogens is 268 g/mol. The first-order valence-electron chi connectivity index (χ1n) is 6.76. The van der Waals surface area contributed by atoms with Crippen LogP contribution < -0.4 is 5.73 Å². The Morgan fingerprint density at radius 1 is 1.25 bits per heavy atom. The van der Waals surface area contributed by atoms with Crippen LogP contribution in [0.15, 0.2) is 47.8 Å². The van der Waals surface area contributed by atoms with Gasteiger partial charge in [-0.3, -0.25) is 4.79 Å². The van der Waals surface area contributed by atoms with Crippen molar-refractivity contribution in [3.63, 3.8) is 0 Å². The van der Waals surface area contributed by atoms with Crippen molar-refractivity contribution in [3.05, 3.63) is 58.3 Å². The predicted molar refractivity (Wildman–Crippen MR) is 83.6 cm³/mol. The summed E-state index contributed by atoms with van der Waals surface area (Å²) in [6.07, 6.45) is 1.93. The third kappa shape index (κ3) is 3.92. The zero-order valence-corrected chi connectivity index (χ0v) is 12.5. The van der Waals surface area contributed by atoms with Crippen LogP contribution in [-0.4, -0.2) is 24.4 Å². The average Bonchev–Trinajstić information content (AvgIpc) is 3.01. The Morgan fingerprint density at radius 2 is 2.00 bits per heavy atom. The largest absolute Gasteiger partial charge is 0.344 e. The molecule has 1 heterocycles. The number of rotatable bonds is 6. The molecule has 0 saturated heterocycles. The van der Waals surface area contributed by atoms with Crippen LogP contribution in [0.4, 0.5) is 0 Å². The number of carbonyl (C=O) groups is 1. The molecule has 1 aromatic carbocycles. The van der Waals surface area contributed by atoms with Crippen LogP contribution >= 0.6 is 11.3 Å². The number of aryl methyl sites for hydroxylation is 1. The van der Waals surface area contributed by atoms with Gasteiger partial charge in [0.2, 0.25) is 5.91 Å². The molecule has 3 nitrogen and oxygen atoms in total. The van der Waals surface area contributed by atoms with Crippen molar-refractivity contribution in [2.24, 2.45) is 5.73 Å². The van der Waals surface area contributed by atoms with E-state index < -0.39 is 6.04 Å². The second-order valence-electron chi connectivity index (χ2n) is 4.84. The van der Waals surface area contributed by atoms with E-state index in [2.05, 4.69) is 12.1 Å². The van der Waals surface area contributed by atoms with Crippen molar-refractivity contribution in [2.45, 2.75) is 18.9 Å². The average molecular weight is 288 g/mol. The zero-order valence-electron chi connectivity index (χ0n) is 11.7. The summed E-state index contributed by atoms with van der Waals surface area (Å²) in [5, 5.41) is 1.94. The van der Waals surface area contributed by atoms with E-state index >= 15 is 0 Å². The Labute approximate surface area is 124 Å². The maximum absolute atomic E-state index is 12.2. The monoisotopic (exact) mass is 288 g/mol. The molecule has 1 atom stereocenters. The van der Waals surface area contributed by atoms with Gasteiger partial charge in [-0.05, 0) is 29.9 Å². The Balaban J connectivity index is 1.79. The van der Waals surface area contributed by atoms with Gasteiger partial charge in [0.05, 0.1) is 0 Å². The van der Waals surface area contributed by atoms with Gasteiger partial charge in [-0.25, -0.2) is 0 Å². The van der Waals surface area contributed by atoms with Crippen LogP contribution in [0.2, 0.25) is 0 Å². The standard InChI is InChI=1S/C16H20N2OS/c1-18(11-5-9-13-7-3-2-4-8-13)16(19)15(17)14-10-6-12-20-14/h2-4,6-8,10,12,15H,5,9,11,17H2,1H3. The SMILES string of the molecule is CN(CCCc1ccccc1)C(=O)C(N)c1cccs1. The third-order valence-corrected chi connectivity index (χ3v) is 4.25. The summed E-state index contributed by atoms with van der Waals surface area (Å²) in [6, 6.07) is 13.6. The van der Waals surface area contributed by atoms with E-state index in [9.17, 15) is 4.79 Å². The molecule has 2 rings (SSSR count). The summed E-state index contributed by atoms with van der Waals surface area (Å²) >= 11 is 1.52. The quantitative estimate of drug-likeness (QED) is 0.888. The first kappa shape index (κ1) is 14.8. The lowest BCUT2D eigenvalue weighted by atomic mass is 10.1. The van der Waals surface area contributed by atoms with E-state index in [0.29, 0.717) is 0 Å². The fourth-order valence-corrected chi connectivity index (χ4v) is 2.82. The Morgan fingerprint density at radius 3 is 2.65 bits per heavy atom. The normalized spacial score (nSPS) is 12.1. The molecule has 0 radical (unpaired) electrons. The Bertz CT molecular complexity index is 525. The van der Waals surface area contributed by atoms with Crippen molar-refractivity contribution < 1.29 is 4.79 Å². The summed E-state index contributed by atoms with van der Waals surface area (Å²) < 4.78 is 0. The van der Waals surface area contributed by atoms with Crippen molar-refractivity contribution in [3.8, 4) is 0 Å². The van der Waals surface area contributed by atoms with Gasteiger partial charge in [0.15, 0.2) is 0 Å². The molecule has 1 unspecified atom stereocenters. The van der Waals surface area contributed by atoms with Crippen molar-refractivity contribution >= 4 is 17.2 Å². The van der Waals surface area contributed by atoms with E-state index in [4.69, 9.17) is 5.73 Å². The number of nitrogens with zero attached hydrogens (tertiary/aromatic N) is 1. The maximum Gasteiger partial charge on any atom is 0.244 e. The van der Waals surface area contributed by atoms with Gasteiger partial charge in [-0.1, -0.05) is 36.4 Å². The lowest BCUT2D eigenvalue weighted by molar-refractivity contribution is -0.131. The number of amides is 1. The number of thiophene rings is 1. The van der Waals surface area contributed by atoms with Gasteiger partial charge >= 0.3 is 0 Å². The smallest absolute Gasteiger partial charge is 0.244 e. The number of nitrogens with two attached hydrogens (primary N) is 1. The molecule has 0 saturated carbocycles. The van der Waals surface area contributed by atoms with Crippen molar-refractivity contribution in [1.82, 2.24) is 4.90 Å². The highest BCUT2D eigenvalue weighted by atomic mass is 32.1. The van der Waals surface area contributed by atoms with E-state index in [-0.39, 0.29) is 5.91 Å². The molecule has 0 fully saturated rings. The van der Waals surface area contributed by atoms with E-state index in [1.165, 1.54) is 16.9 Å². The minimum Gasteiger partial charge on any atom is -0.344 e. The van der Waals surface area contributed by atoms with E-state index in [1.807, 2.05) is 42.8 Å². The second kappa shape index (κ2) is 7.22. The Kier molecular flexibility index (Phi) is 5.32. The molecule has 0 bridgehead atoms. The molecule has 0 aliphatic heterocycles. The lowest BCUT2D eigenvalue weighted by Crippen LogP contribution is -2.36. The number of carbonyl (C=O) groups excluding carboxylic acids is 1. The number of likely N-dealkylation sites (N-methyl/N-ethyl adjacent to an activating group) is 1. The van der Waals surface area contributed by atoms with Crippen LogP contribution in [0.3, 0.4) is 0 Å². The van der Waals surface area contributed by atoms with Gasteiger partial charge in [0, 0.05) is 18.5 Å². The van der Waals surface area contributed by atoms with Crippen LogP contribution in [0.5, 0.6) is 0 Å². The fraction of sp³-hybridized carbons (Fsp3) is 0.312. The minimum absolute atomic E-state index is 0.0134. The second-order valence-corrected chi connectivity index (χ2v) is 5.82. The van der Waals surface area contributed by atoms with E-state index in [1.54, 1.807) is 4.90 Å². The molecule has 2 N–H and O–H groups in total. The number of hydrogen-bond acceptors (Lipinski definition) is 3. The summed E-state index contributed by atoms with van der Waals surface area (Å²) in [5.41, 5.74) is 7.29. The molecule has 0 aliphatic carbocycles. The van der Waals surface area contributed by atoms with Crippen LogP contribution in [0.25, 0.3) is 0 Å². The lowest BCUT2D eigenvalue weighted by Gasteiger charge is -2.20. The summed E-state index contributed by atoms with van der Waals surface area (Å²) in [5.74, 6) is -0.0134. The molecule has 0 spiro atoms. The van der Waals surface area contributed by atoms with Gasteiger partial charge < -0.3 is 10.6 Å². The maximum atomic E-state index is 12.2. The molecular formula is C16H20N2OS. The molecule has 2 aromatic rings. The molecule has 0 aliphatic rings. The highest BCUT2D eigenvalue weighted by Crippen LogP contribution is 2.18. The highest BCUT2D eigenvalue weighted by Gasteiger charge is 2.20. The van der Waals surface area contributed by atoms with Gasteiger partial charge in [-0.2, -0.15) is 0 Å². The van der Waals surface area contributed by atoms with Gasteiger partial charge in [0.25, 0.3) is 0 Å². The molecule has 4 heteroatoms. The third-order valence-electron chi connectivity index (χ3n) is 3.29. The summed E-state index contributed by atoms with van der Waals surface area (Å²) in [6.45, 7) is 0.729. The number of hydrogen-bond donors (Lipinski definition) is 1. The summed E-state index contributed by atoms with van der Waals surface area (Å²) in [7, 11) is 1.82. The molecule has 20 heavy (non-hydrogen) atoms. The first-order valence-corrected chi connectivity index (χ1v) is 7.64. The van der Waals surface area contributed by atoms with Crippen molar-refractivity contribution in [1.29, 1.82) is 0 Å². The van der Waals surface area contributed by atoms with Crippen LogP contribution in [0, 0.1) is 0 Å². The van der Waals surface area contributed by atoms with Gasteiger partial charge in [-0.15, -0.1) is 11.3 Å². The summed E-state index contributed by atoms with van der Waals surface area (Å²) in [4.78, 5) is 14.8. The fourth-order valence-electron chi connectivity index (χ4n) is 2.10. The van der Waals surface area contributed by atoms with Crippen LogP contribution in [-0.2, 0) is 11.2 Å². The first-order chi connectivity index (χ1) is 9.68. The zero-order chi connectivity index (χ0) is 14.4. The van der Waals surface area contributed by atoms with Crippen molar-refractivity contribution in [2.75, 3.05) is 13.6 Å². The molecule has 1 amide bonds. The minimum atomic E-state index is -0.531. The topological polar surface area (TPSA) is 46.3 Å². The molecule has 1 aromatic heterocycles. The van der Waals surface area contributed by atoms with E-state index in [0.717, 1.165) is 24.3 Å². The molecule has 106 valence electrons. The van der Waals surface area contributed by atoms with Crippen LogP contribution in [0.1, 0.15) is 22.9 Å². The number of benzene rings is 1. The highest BCUT2D eigenvalue weighted by molar-refractivity contribution is 7.10. The van der Waals surface area contributed by atoms with Gasteiger partial charge in [0.1, 0.15) is 6.04 Å². The predicted octanol–water partition coefficient (Wildman–Crippen LogP) is 2.84.